The van der Waals surface area contributed by atoms with Gasteiger partial charge in [-0.3, -0.25) is 9.59 Å². The molecule has 2 N–H and O–H groups in total. The molecule has 0 aliphatic rings. The van der Waals surface area contributed by atoms with Gasteiger partial charge in [-0.25, -0.2) is 0 Å². The lowest BCUT2D eigenvalue weighted by molar-refractivity contribution is -0.119. The number of carbonyl (C=O) groups excluding carboxylic acids is 1. The van der Waals surface area contributed by atoms with E-state index >= 15 is 0 Å². The van der Waals surface area contributed by atoms with Crippen LogP contribution in [0.4, 0.5) is 0 Å². The van der Waals surface area contributed by atoms with Gasteiger partial charge in [0.2, 0.25) is 5.91 Å². The van der Waals surface area contributed by atoms with Gasteiger partial charge in [-0.15, -0.1) is 10.2 Å². The van der Waals surface area contributed by atoms with Crippen LogP contribution in [0.3, 0.4) is 0 Å². The first-order valence-electron chi connectivity index (χ1n) is 5.34. The molecule has 2 aromatic rings. The quantitative estimate of drug-likeness (QED) is 0.868. The molecule has 0 radical (unpaired) electrons. The molecule has 0 aliphatic heterocycles. The van der Waals surface area contributed by atoms with Gasteiger partial charge in [0.05, 0.1) is 6.04 Å². The summed E-state index contributed by atoms with van der Waals surface area (Å²) >= 11 is 1.51. The van der Waals surface area contributed by atoms with Gasteiger partial charge in [-0.1, -0.05) is 0 Å². The van der Waals surface area contributed by atoms with Crippen molar-refractivity contribution in [1.29, 1.82) is 0 Å². The van der Waals surface area contributed by atoms with E-state index in [-0.39, 0.29) is 17.2 Å². The number of aromatic amines is 1. The maximum atomic E-state index is 11.9. The number of aromatic nitrogens is 3. The van der Waals surface area contributed by atoms with E-state index in [1.165, 1.54) is 18.3 Å². The second-order valence-electron chi connectivity index (χ2n) is 3.82. The maximum Gasteiger partial charge on any atom is 0.275 e. The Morgan fingerprint density at radius 1 is 1.50 bits per heavy atom. The topological polar surface area (TPSA) is 87.7 Å². The monoisotopic (exact) mass is 264 g/mol. The first kappa shape index (κ1) is 12.4. The summed E-state index contributed by atoms with van der Waals surface area (Å²) in [5, 5.41) is 14.2. The molecule has 1 unspecified atom stereocenters. The van der Waals surface area contributed by atoms with Gasteiger partial charge < -0.3 is 10.3 Å². The predicted molar refractivity (Wildman–Crippen MR) is 68.2 cm³/mol. The van der Waals surface area contributed by atoms with Crippen LogP contribution in [-0.2, 0) is 4.79 Å². The Labute approximate surface area is 107 Å². The minimum Gasteiger partial charge on any atom is -0.348 e. The van der Waals surface area contributed by atoms with Crippen molar-refractivity contribution in [3.05, 3.63) is 32.9 Å². The molecule has 1 atom stereocenters. The van der Waals surface area contributed by atoms with Gasteiger partial charge in [0, 0.05) is 17.9 Å². The van der Waals surface area contributed by atoms with Crippen molar-refractivity contribution < 1.29 is 4.79 Å². The summed E-state index contributed by atoms with van der Waals surface area (Å²) in [6.07, 6.45) is 0. The summed E-state index contributed by atoms with van der Waals surface area (Å²) in [4.78, 5) is 25.4. The highest BCUT2D eigenvalue weighted by Gasteiger charge is 2.14. The van der Waals surface area contributed by atoms with Crippen LogP contribution in [0.25, 0.3) is 11.4 Å². The second-order valence-corrected chi connectivity index (χ2v) is 4.60. The van der Waals surface area contributed by atoms with Crippen LogP contribution in [-0.4, -0.2) is 21.1 Å². The van der Waals surface area contributed by atoms with Crippen molar-refractivity contribution in [3.8, 4) is 11.4 Å². The second kappa shape index (κ2) is 5.09. The summed E-state index contributed by atoms with van der Waals surface area (Å²) in [5.41, 5.74) is 0.681. The zero-order valence-electron chi connectivity index (χ0n) is 9.93. The third-order valence-electron chi connectivity index (χ3n) is 2.35. The number of H-pyrrole nitrogens is 1. The number of hydrogen-bond acceptors (Lipinski definition) is 5. The number of amides is 1. The van der Waals surface area contributed by atoms with Gasteiger partial charge in [-0.2, -0.15) is 11.3 Å². The summed E-state index contributed by atoms with van der Waals surface area (Å²) in [7, 11) is 0. The number of nitrogens with one attached hydrogen (secondary N) is 2. The molecule has 2 aromatic heterocycles. The van der Waals surface area contributed by atoms with E-state index < -0.39 is 6.04 Å². The number of hydrogen-bond donors (Lipinski definition) is 2. The third-order valence-corrected chi connectivity index (χ3v) is 3.03. The van der Waals surface area contributed by atoms with Crippen molar-refractivity contribution in [1.82, 2.24) is 20.5 Å². The van der Waals surface area contributed by atoms with Crippen LogP contribution < -0.4 is 10.9 Å². The molecule has 1 amide bonds. The first-order valence-corrected chi connectivity index (χ1v) is 6.29. The average molecular weight is 264 g/mol. The normalized spacial score (nSPS) is 12.1. The smallest absolute Gasteiger partial charge is 0.275 e. The van der Waals surface area contributed by atoms with E-state index in [0.717, 1.165) is 5.56 Å². The SMILES string of the molecule is CC(=O)NC(C)c1nnc(-c2ccsc2)[nH]c1=O. The van der Waals surface area contributed by atoms with Crippen molar-refractivity contribution in [3.63, 3.8) is 0 Å². The zero-order chi connectivity index (χ0) is 13.1. The van der Waals surface area contributed by atoms with Gasteiger partial charge in [0.25, 0.3) is 5.56 Å². The molecular formula is C11H12N4O2S. The number of rotatable bonds is 3. The Morgan fingerprint density at radius 2 is 2.28 bits per heavy atom. The molecule has 0 spiro atoms. The fraction of sp³-hybridized carbons (Fsp3) is 0.273. The third kappa shape index (κ3) is 2.62. The summed E-state index contributed by atoms with van der Waals surface area (Å²) in [6, 6.07) is 1.39. The molecule has 6 nitrogen and oxygen atoms in total. The Bertz CT molecular complexity index is 606. The maximum absolute atomic E-state index is 11.9. The van der Waals surface area contributed by atoms with Crippen LogP contribution in [0.1, 0.15) is 25.6 Å². The lowest BCUT2D eigenvalue weighted by Gasteiger charge is -2.10. The van der Waals surface area contributed by atoms with Gasteiger partial charge in [0.1, 0.15) is 0 Å². The van der Waals surface area contributed by atoms with Crippen LogP contribution in [0.5, 0.6) is 0 Å². The molecule has 2 heterocycles. The van der Waals surface area contributed by atoms with Crippen LogP contribution >= 0.6 is 11.3 Å². The van der Waals surface area contributed by atoms with E-state index in [1.54, 1.807) is 6.92 Å². The molecule has 0 saturated carbocycles. The minimum absolute atomic E-state index is 0.198. The minimum atomic E-state index is -0.463. The van der Waals surface area contributed by atoms with Gasteiger partial charge in [-0.05, 0) is 18.4 Å². The summed E-state index contributed by atoms with van der Waals surface area (Å²) in [5.74, 6) is 0.214. The van der Waals surface area contributed by atoms with Crippen molar-refractivity contribution in [2.24, 2.45) is 0 Å². The average Bonchev–Trinajstić information content (AvgIpc) is 2.80. The molecule has 0 saturated heterocycles. The fourth-order valence-electron chi connectivity index (χ4n) is 1.53. The molecule has 0 aliphatic carbocycles. The first-order chi connectivity index (χ1) is 8.58. The number of nitrogens with zero attached hydrogens (tertiary/aromatic N) is 2. The highest BCUT2D eigenvalue weighted by atomic mass is 32.1. The fourth-order valence-corrected chi connectivity index (χ4v) is 2.17. The largest absolute Gasteiger partial charge is 0.348 e. The van der Waals surface area contributed by atoms with E-state index in [2.05, 4.69) is 20.5 Å². The zero-order valence-corrected chi connectivity index (χ0v) is 10.7. The van der Waals surface area contributed by atoms with E-state index in [1.807, 2.05) is 16.8 Å². The molecule has 0 fully saturated rings. The van der Waals surface area contributed by atoms with E-state index in [9.17, 15) is 9.59 Å². The summed E-state index contributed by atoms with van der Waals surface area (Å²) < 4.78 is 0. The van der Waals surface area contributed by atoms with Crippen LogP contribution in [0.15, 0.2) is 21.6 Å². The van der Waals surface area contributed by atoms with E-state index in [4.69, 9.17) is 0 Å². The summed E-state index contributed by atoms with van der Waals surface area (Å²) in [6.45, 7) is 3.07. The molecule has 2 rings (SSSR count). The highest BCUT2D eigenvalue weighted by Crippen LogP contribution is 2.16. The van der Waals surface area contributed by atoms with Crippen molar-refractivity contribution in [2.75, 3.05) is 0 Å². The standard InChI is InChI=1S/C11H12N4O2S/c1-6(12-7(2)16)9-11(17)13-10(15-14-9)8-3-4-18-5-8/h3-6H,1-2H3,(H,12,16)(H,13,15,17). The van der Waals surface area contributed by atoms with Gasteiger partial charge >= 0.3 is 0 Å². The lowest BCUT2D eigenvalue weighted by Crippen LogP contribution is -2.30. The molecule has 0 bridgehead atoms. The van der Waals surface area contributed by atoms with E-state index in [0.29, 0.717) is 5.82 Å². The Balaban J connectivity index is 2.31. The Morgan fingerprint density at radius 3 is 2.83 bits per heavy atom. The van der Waals surface area contributed by atoms with Crippen molar-refractivity contribution >= 4 is 17.2 Å². The molecule has 94 valence electrons. The van der Waals surface area contributed by atoms with Crippen LogP contribution in [0, 0.1) is 0 Å². The Hall–Kier alpha value is -2.02. The Kier molecular flexibility index (Phi) is 3.52. The predicted octanol–water partition coefficient (Wildman–Crippen LogP) is 1.09. The lowest BCUT2D eigenvalue weighted by atomic mass is 10.2. The number of thiophene rings is 1. The van der Waals surface area contributed by atoms with Gasteiger partial charge in [0.15, 0.2) is 11.5 Å². The van der Waals surface area contributed by atoms with Crippen LogP contribution in [0.2, 0.25) is 0 Å². The van der Waals surface area contributed by atoms with Crippen molar-refractivity contribution in [2.45, 2.75) is 19.9 Å². The highest BCUT2D eigenvalue weighted by molar-refractivity contribution is 7.08. The molecular weight excluding hydrogens is 252 g/mol. The number of carbonyl (C=O) groups is 1. The molecule has 0 aromatic carbocycles. The molecule has 7 heteroatoms. The molecule has 18 heavy (non-hydrogen) atoms.